The van der Waals surface area contributed by atoms with E-state index in [4.69, 9.17) is 0 Å². The number of rotatable bonds is 4. The molecule has 3 aromatic heterocycles. The molecule has 7 nitrogen and oxygen atoms in total. The maximum atomic E-state index is 12.2. The topological polar surface area (TPSA) is 91.8 Å². The van der Waals surface area contributed by atoms with Crippen LogP contribution >= 0.6 is 0 Å². The van der Waals surface area contributed by atoms with Crippen molar-refractivity contribution in [2.45, 2.75) is 56.7 Å². The van der Waals surface area contributed by atoms with Crippen molar-refractivity contribution in [3.8, 4) is 0 Å². The molecule has 0 bridgehead atoms. The zero-order valence-electron chi connectivity index (χ0n) is 17.3. The molecule has 1 aliphatic carbocycles. The number of H-pyrrole nitrogens is 1. The number of aromatic nitrogens is 4. The second-order valence-corrected chi connectivity index (χ2v) is 10.2. The van der Waals surface area contributed by atoms with E-state index in [1.54, 1.807) is 6.20 Å². The van der Waals surface area contributed by atoms with Gasteiger partial charge in [0.15, 0.2) is 10.7 Å². The summed E-state index contributed by atoms with van der Waals surface area (Å²) in [5.74, 6) is 1.19. The van der Waals surface area contributed by atoms with Crippen LogP contribution in [0.1, 0.15) is 56.9 Å². The highest BCUT2D eigenvalue weighted by Gasteiger charge is 2.36. The van der Waals surface area contributed by atoms with E-state index in [9.17, 15) is 8.42 Å². The van der Waals surface area contributed by atoms with Crippen molar-refractivity contribution in [1.29, 1.82) is 0 Å². The van der Waals surface area contributed by atoms with Gasteiger partial charge in [-0.25, -0.2) is 13.4 Å². The number of hydrogen-bond donors (Lipinski definition) is 2. The molecule has 2 fully saturated rings. The van der Waals surface area contributed by atoms with Crippen molar-refractivity contribution in [2.75, 3.05) is 13.1 Å². The van der Waals surface area contributed by atoms with Crippen LogP contribution in [0.5, 0.6) is 0 Å². The first-order valence-corrected chi connectivity index (χ1v) is 12.3. The third-order valence-electron chi connectivity index (χ3n) is 7.13. The molecule has 8 heteroatoms. The van der Waals surface area contributed by atoms with Crippen LogP contribution in [0.15, 0.2) is 24.7 Å². The van der Waals surface area contributed by atoms with Gasteiger partial charge in [-0.1, -0.05) is 6.92 Å². The lowest BCUT2D eigenvalue weighted by atomic mass is 9.77. The van der Waals surface area contributed by atoms with E-state index >= 15 is 0 Å². The lowest BCUT2D eigenvalue weighted by Crippen LogP contribution is -2.47. The Kier molecular flexibility index (Phi) is 5.45. The number of piperidine rings is 1. The van der Waals surface area contributed by atoms with Gasteiger partial charge in [-0.05, 0) is 74.5 Å². The van der Waals surface area contributed by atoms with Crippen molar-refractivity contribution < 1.29 is 8.42 Å². The minimum absolute atomic E-state index is 0.225. The summed E-state index contributed by atoms with van der Waals surface area (Å²) in [5.41, 5.74) is 2.91. The third-order valence-corrected chi connectivity index (χ3v) is 8.31. The summed E-state index contributed by atoms with van der Waals surface area (Å²) in [7, 11) is -2.45. The Bertz CT molecular complexity index is 1110. The third kappa shape index (κ3) is 3.60. The average Bonchev–Trinajstić information content (AvgIpc) is 3.23. The number of nitrogens with one attached hydrogen (secondary N) is 1. The van der Waals surface area contributed by atoms with Crippen LogP contribution in [-0.2, 0) is 10.7 Å². The second kappa shape index (κ2) is 8.23. The quantitative estimate of drug-likeness (QED) is 0.620. The average molecular weight is 428 g/mol. The number of pyridine rings is 1. The fourth-order valence-corrected chi connectivity index (χ4v) is 6.82. The van der Waals surface area contributed by atoms with Crippen molar-refractivity contribution in [1.82, 2.24) is 25.1 Å². The van der Waals surface area contributed by atoms with E-state index < -0.39 is 10.7 Å². The van der Waals surface area contributed by atoms with Gasteiger partial charge < -0.3 is 4.98 Å². The SMILES string of the molecule is CC1CCCN(C(C2CCC(c3cnnc4cnc5[nH]ccc5c34)CC2)[SH](=O)=O)C1. The Morgan fingerprint density at radius 1 is 1.17 bits per heavy atom. The predicted molar refractivity (Wildman–Crippen MR) is 118 cm³/mol. The van der Waals surface area contributed by atoms with Gasteiger partial charge in [0, 0.05) is 23.5 Å². The monoisotopic (exact) mass is 427 g/mol. The van der Waals surface area contributed by atoms with Gasteiger partial charge in [0.2, 0.25) is 0 Å². The maximum absolute atomic E-state index is 12.2. The van der Waals surface area contributed by atoms with Crippen molar-refractivity contribution in [3.05, 3.63) is 30.2 Å². The van der Waals surface area contributed by atoms with Crippen LogP contribution in [0, 0.1) is 11.8 Å². The molecular weight excluding hydrogens is 398 g/mol. The highest BCUT2D eigenvalue weighted by atomic mass is 32.2. The molecule has 2 atom stereocenters. The normalized spacial score (nSPS) is 27.1. The van der Waals surface area contributed by atoms with Crippen LogP contribution in [0.4, 0.5) is 0 Å². The highest BCUT2D eigenvalue weighted by Crippen LogP contribution is 2.41. The van der Waals surface area contributed by atoms with Crippen molar-refractivity contribution in [3.63, 3.8) is 0 Å². The van der Waals surface area contributed by atoms with Gasteiger partial charge in [0.1, 0.15) is 16.5 Å². The van der Waals surface area contributed by atoms with Crippen molar-refractivity contribution in [2.24, 2.45) is 11.8 Å². The van der Waals surface area contributed by atoms with Gasteiger partial charge >= 0.3 is 0 Å². The molecule has 0 spiro atoms. The van der Waals surface area contributed by atoms with Crippen LogP contribution in [0.3, 0.4) is 0 Å². The first-order valence-electron chi connectivity index (χ1n) is 11.1. The number of hydrogen-bond acceptors (Lipinski definition) is 6. The standard InChI is InChI=1S/C22H29N5O2S/c1-14-3-2-10-27(13-14)22(30(28)29)16-6-4-15(5-7-16)18-11-25-26-19-12-24-21-17(20(18)19)8-9-23-21/h8-9,11-12,14-16,22,30H,2-7,10,13H2,1H3,(H,23,24). The minimum Gasteiger partial charge on any atom is -0.346 e. The summed E-state index contributed by atoms with van der Waals surface area (Å²) in [6, 6.07) is 2.05. The largest absolute Gasteiger partial charge is 0.346 e. The molecule has 0 amide bonds. The van der Waals surface area contributed by atoms with E-state index in [0.717, 1.165) is 67.1 Å². The Morgan fingerprint density at radius 3 is 2.77 bits per heavy atom. The number of nitrogens with zero attached hydrogens (tertiary/aromatic N) is 4. The van der Waals surface area contributed by atoms with E-state index in [2.05, 4.69) is 38.1 Å². The molecular formula is C22H29N5O2S. The molecule has 4 heterocycles. The zero-order valence-corrected chi connectivity index (χ0v) is 18.2. The first-order chi connectivity index (χ1) is 14.6. The van der Waals surface area contributed by atoms with E-state index in [1.165, 1.54) is 12.0 Å². The van der Waals surface area contributed by atoms with Gasteiger partial charge in [0.05, 0.1) is 12.4 Å². The lowest BCUT2D eigenvalue weighted by Gasteiger charge is -2.40. The number of thiol groups is 1. The van der Waals surface area contributed by atoms with Crippen LogP contribution in [0.2, 0.25) is 0 Å². The van der Waals surface area contributed by atoms with Gasteiger partial charge in [0.25, 0.3) is 0 Å². The lowest BCUT2D eigenvalue weighted by molar-refractivity contribution is 0.118. The van der Waals surface area contributed by atoms with Crippen molar-refractivity contribution >= 4 is 32.6 Å². The van der Waals surface area contributed by atoms with Gasteiger partial charge in [-0.2, -0.15) is 5.10 Å². The number of likely N-dealkylation sites (tertiary alicyclic amines) is 1. The first kappa shape index (κ1) is 19.9. The Balaban J connectivity index is 1.39. The predicted octanol–water partition coefficient (Wildman–Crippen LogP) is 3.45. The molecule has 0 radical (unpaired) electrons. The zero-order chi connectivity index (χ0) is 20.7. The molecule has 2 aliphatic rings. The molecule has 1 N–H and O–H groups in total. The molecule has 2 unspecified atom stereocenters. The molecule has 1 saturated heterocycles. The van der Waals surface area contributed by atoms with E-state index in [1.807, 2.05) is 12.4 Å². The van der Waals surface area contributed by atoms with Gasteiger partial charge in [-0.15, -0.1) is 5.10 Å². The summed E-state index contributed by atoms with van der Waals surface area (Å²) in [4.78, 5) is 9.86. The Labute approximate surface area is 178 Å². The highest BCUT2D eigenvalue weighted by molar-refractivity contribution is 7.73. The van der Waals surface area contributed by atoms with Crippen LogP contribution < -0.4 is 0 Å². The summed E-state index contributed by atoms with van der Waals surface area (Å²) < 4.78 is 24.4. The molecule has 1 aliphatic heterocycles. The number of aromatic amines is 1. The Hall–Kier alpha value is -2.06. The summed E-state index contributed by atoms with van der Waals surface area (Å²) in [6.45, 7) is 4.05. The summed E-state index contributed by atoms with van der Waals surface area (Å²) >= 11 is 0. The molecule has 0 aromatic carbocycles. The van der Waals surface area contributed by atoms with Crippen LogP contribution in [-0.4, -0.2) is 51.9 Å². The van der Waals surface area contributed by atoms with Gasteiger partial charge in [-0.3, -0.25) is 4.90 Å². The van der Waals surface area contributed by atoms with E-state index in [0.29, 0.717) is 11.8 Å². The molecule has 1 saturated carbocycles. The molecule has 5 rings (SSSR count). The smallest absolute Gasteiger partial charge is 0.156 e. The molecule has 30 heavy (non-hydrogen) atoms. The summed E-state index contributed by atoms with van der Waals surface area (Å²) in [5, 5.41) is 10.4. The fourth-order valence-electron chi connectivity index (χ4n) is 5.70. The van der Waals surface area contributed by atoms with E-state index in [-0.39, 0.29) is 11.3 Å². The second-order valence-electron chi connectivity index (χ2n) is 9.11. The fraction of sp³-hybridized carbons (Fsp3) is 0.591. The Morgan fingerprint density at radius 2 is 2.00 bits per heavy atom. The maximum Gasteiger partial charge on any atom is 0.156 e. The molecule has 160 valence electrons. The number of fused-ring (bicyclic) bond motifs is 3. The van der Waals surface area contributed by atoms with Crippen LogP contribution in [0.25, 0.3) is 21.9 Å². The minimum atomic E-state index is -2.45. The summed E-state index contributed by atoms with van der Waals surface area (Å²) in [6.07, 6.45) is 11.8. The molecule has 3 aromatic rings.